The van der Waals surface area contributed by atoms with Crippen molar-refractivity contribution in [2.45, 2.75) is 6.54 Å². The van der Waals surface area contributed by atoms with Gasteiger partial charge in [0.1, 0.15) is 5.75 Å². The Labute approximate surface area is 126 Å². The third-order valence-corrected chi connectivity index (χ3v) is 3.37. The minimum atomic E-state index is -0.190. The van der Waals surface area contributed by atoms with E-state index in [9.17, 15) is 4.79 Å². The lowest BCUT2D eigenvalue weighted by Gasteiger charge is -2.10. The largest absolute Gasteiger partial charge is 0.496 e. The van der Waals surface area contributed by atoms with Crippen LogP contribution in [0.3, 0.4) is 0 Å². The van der Waals surface area contributed by atoms with Crippen LogP contribution in [0, 0.1) is 0 Å². The molecular weight excluding hydrogens is 320 g/mol. The molecule has 2 aromatic rings. The van der Waals surface area contributed by atoms with Gasteiger partial charge >= 0.3 is 0 Å². The molecule has 4 nitrogen and oxygen atoms in total. The monoisotopic (exact) mass is 334 g/mol. The molecule has 0 heterocycles. The Balaban J connectivity index is 2.07. The van der Waals surface area contributed by atoms with Crippen molar-refractivity contribution in [3.8, 4) is 5.75 Å². The Morgan fingerprint density at radius 3 is 2.60 bits per heavy atom. The third-order valence-electron chi connectivity index (χ3n) is 2.84. The number of nitrogen functional groups attached to an aromatic ring is 1. The molecule has 3 N–H and O–H groups in total. The lowest BCUT2D eigenvalue weighted by atomic mass is 10.1. The second-order valence-corrected chi connectivity index (χ2v) is 5.18. The maximum absolute atomic E-state index is 12.1. The fourth-order valence-corrected chi connectivity index (χ4v) is 2.04. The van der Waals surface area contributed by atoms with Crippen molar-refractivity contribution >= 4 is 27.5 Å². The van der Waals surface area contributed by atoms with E-state index in [0.717, 1.165) is 10.0 Å². The standard InChI is InChI=1S/C15H15BrN2O2/c1-20-14-8-12(17)6-7-13(14)15(19)18-9-10-2-4-11(16)5-3-10/h2-8H,9,17H2,1H3,(H,18,19). The summed E-state index contributed by atoms with van der Waals surface area (Å²) in [6.07, 6.45) is 0. The summed E-state index contributed by atoms with van der Waals surface area (Å²) in [6.45, 7) is 0.458. The fourth-order valence-electron chi connectivity index (χ4n) is 1.78. The molecule has 0 aliphatic carbocycles. The van der Waals surface area contributed by atoms with E-state index in [4.69, 9.17) is 10.5 Å². The first-order valence-electron chi connectivity index (χ1n) is 6.06. The number of ether oxygens (including phenoxy) is 1. The van der Waals surface area contributed by atoms with E-state index < -0.39 is 0 Å². The first-order chi connectivity index (χ1) is 9.60. The van der Waals surface area contributed by atoms with Crippen LogP contribution < -0.4 is 15.8 Å². The van der Waals surface area contributed by atoms with Crippen LogP contribution in [-0.4, -0.2) is 13.0 Å². The van der Waals surface area contributed by atoms with Crippen LogP contribution >= 0.6 is 15.9 Å². The Kier molecular flexibility index (Phi) is 4.63. The van der Waals surface area contributed by atoms with Gasteiger partial charge in [0.05, 0.1) is 12.7 Å². The van der Waals surface area contributed by atoms with E-state index in [0.29, 0.717) is 23.5 Å². The molecule has 5 heteroatoms. The number of carbonyl (C=O) groups excluding carboxylic acids is 1. The Bertz CT molecular complexity index is 612. The summed E-state index contributed by atoms with van der Waals surface area (Å²) in [5.41, 5.74) is 7.72. The van der Waals surface area contributed by atoms with Crippen LogP contribution in [0.2, 0.25) is 0 Å². The lowest BCUT2D eigenvalue weighted by Crippen LogP contribution is -2.23. The first-order valence-corrected chi connectivity index (χ1v) is 6.85. The molecule has 0 bridgehead atoms. The fraction of sp³-hybridized carbons (Fsp3) is 0.133. The highest BCUT2D eigenvalue weighted by atomic mass is 79.9. The van der Waals surface area contributed by atoms with Crippen molar-refractivity contribution in [3.63, 3.8) is 0 Å². The predicted molar refractivity (Wildman–Crippen MR) is 82.7 cm³/mol. The molecule has 1 amide bonds. The average Bonchev–Trinajstić information content (AvgIpc) is 2.46. The van der Waals surface area contributed by atoms with Gasteiger partial charge in [0.2, 0.25) is 0 Å². The summed E-state index contributed by atoms with van der Waals surface area (Å²) >= 11 is 3.37. The molecule has 0 saturated carbocycles. The molecule has 0 aliphatic heterocycles. The van der Waals surface area contributed by atoms with Gasteiger partial charge in [-0.3, -0.25) is 4.79 Å². The zero-order valence-electron chi connectivity index (χ0n) is 11.0. The maximum Gasteiger partial charge on any atom is 0.255 e. The molecule has 104 valence electrons. The minimum absolute atomic E-state index is 0.190. The number of amides is 1. The average molecular weight is 335 g/mol. The number of nitrogens with one attached hydrogen (secondary N) is 1. The highest BCUT2D eigenvalue weighted by Crippen LogP contribution is 2.21. The number of hydrogen-bond donors (Lipinski definition) is 2. The maximum atomic E-state index is 12.1. The molecule has 0 atom stereocenters. The molecule has 0 aliphatic rings. The van der Waals surface area contributed by atoms with Crippen LogP contribution in [0.1, 0.15) is 15.9 Å². The zero-order chi connectivity index (χ0) is 14.5. The first kappa shape index (κ1) is 14.4. The molecule has 0 fully saturated rings. The number of benzene rings is 2. The van der Waals surface area contributed by atoms with Crippen LogP contribution in [0.5, 0.6) is 5.75 Å². The molecule has 0 spiro atoms. The van der Waals surface area contributed by atoms with Crippen molar-refractivity contribution in [2.24, 2.45) is 0 Å². The van der Waals surface area contributed by atoms with Gasteiger partial charge in [-0.2, -0.15) is 0 Å². The molecule has 0 saturated heterocycles. The van der Waals surface area contributed by atoms with Gasteiger partial charge in [0.15, 0.2) is 0 Å². The molecule has 0 unspecified atom stereocenters. The molecular formula is C15H15BrN2O2. The van der Waals surface area contributed by atoms with Crippen molar-refractivity contribution in [3.05, 3.63) is 58.1 Å². The van der Waals surface area contributed by atoms with Crippen LogP contribution in [0.4, 0.5) is 5.69 Å². The smallest absolute Gasteiger partial charge is 0.255 e. The normalized spacial score (nSPS) is 10.1. The highest BCUT2D eigenvalue weighted by molar-refractivity contribution is 9.10. The summed E-state index contributed by atoms with van der Waals surface area (Å²) in [5, 5.41) is 2.85. The number of anilines is 1. The number of halogens is 1. The van der Waals surface area contributed by atoms with Crippen molar-refractivity contribution in [2.75, 3.05) is 12.8 Å². The number of hydrogen-bond acceptors (Lipinski definition) is 3. The predicted octanol–water partition coefficient (Wildman–Crippen LogP) is 2.97. The van der Waals surface area contributed by atoms with E-state index in [2.05, 4.69) is 21.2 Å². The van der Waals surface area contributed by atoms with Gasteiger partial charge in [-0.1, -0.05) is 28.1 Å². The summed E-state index contributed by atoms with van der Waals surface area (Å²) in [5.74, 6) is 0.281. The molecule has 2 aromatic carbocycles. The summed E-state index contributed by atoms with van der Waals surface area (Å²) in [7, 11) is 1.51. The SMILES string of the molecule is COc1cc(N)ccc1C(=O)NCc1ccc(Br)cc1. The highest BCUT2D eigenvalue weighted by Gasteiger charge is 2.11. The lowest BCUT2D eigenvalue weighted by molar-refractivity contribution is 0.0948. The summed E-state index contributed by atoms with van der Waals surface area (Å²) < 4.78 is 6.18. The topological polar surface area (TPSA) is 64.3 Å². The van der Waals surface area contributed by atoms with Crippen molar-refractivity contribution < 1.29 is 9.53 Å². The van der Waals surface area contributed by atoms with Gasteiger partial charge < -0.3 is 15.8 Å². The molecule has 20 heavy (non-hydrogen) atoms. The van der Waals surface area contributed by atoms with Crippen LogP contribution in [-0.2, 0) is 6.54 Å². The van der Waals surface area contributed by atoms with Crippen molar-refractivity contribution in [1.29, 1.82) is 0 Å². The number of methoxy groups -OCH3 is 1. The van der Waals surface area contributed by atoms with Crippen molar-refractivity contribution in [1.82, 2.24) is 5.32 Å². The second-order valence-electron chi connectivity index (χ2n) is 4.27. The molecule has 0 radical (unpaired) electrons. The second kappa shape index (κ2) is 6.43. The van der Waals surface area contributed by atoms with Gasteiger partial charge in [-0.05, 0) is 29.8 Å². The molecule has 2 rings (SSSR count). The van der Waals surface area contributed by atoms with E-state index in [-0.39, 0.29) is 5.91 Å². The Morgan fingerprint density at radius 2 is 1.95 bits per heavy atom. The van der Waals surface area contributed by atoms with Crippen LogP contribution in [0.15, 0.2) is 46.9 Å². The number of nitrogens with two attached hydrogens (primary N) is 1. The van der Waals surface area contributed by atoms with E-state index in [1.807, 2.05) is 24.3 Å². The quantitative estimate of drug-likeness (QED) is 0.845. The molecule has 0 aromatic heterocycles. The Hall–Kier alpha value is -2.01. The number of rotatable bonds is 4. The van der Waals surface area contributed by atoms with E-state index in [1.165, 1.54) is 7.11 Å². The number of carbonyl (C=O) groups is 1. The Morgan fingerprint density at radius 1 is 1.25 bits per heavy atom. The third kappa shape index (κ3) is 3.51. The van der Waals surface area contributed by atoms with Gasteiger partial charge in [-0.25, -0.2) is 0 Å². The van der Waals surface area contributed by atoms with Crippen LogP contribution in [0.25, 0.3) is 0 Å². The minimum Gasteiger partial charge on any atom is -0.496 e. The van der Waals surface area contributed by atoms with E-state index >= 15 is 0 Å². The van der Waals surface area contributed by atoms with E-state index in [1.54, 1.807) is 18.2 Å². The zero-order valence-corrected chi connectivity index (χ0v) is 12.6. The van der Waals surface area contributed by atoms with Gasteiger partial charge in [0, 0.05) is 22.8 Å². The summed E-state index contributed by atoms with van der Waals surface area (Å²) in [6, 6.07) is 12.7. The van der Waals surface area contributed by atoms with Gasteiger partial charge in [-0.15, -0.1) is 0 Å². The van der Waals surface area contributed by atoms with Gasteiger partial charge in [0.25, 0.3) is 5.91 Å². The summed E-state index contributed by atoms with van der Waals surface area (Å²) in [4.78, 5) is 12.1.